The molecule has 0 fully saturated rings. The van der Waals surface area contributed by atoms with Gasteiger partial charge in [0.05, 0.1) is 6.42 Å². The van der Waals surface area contributed by atoms with Gasteiger partial charge >= 0.3 is 5.97 Å². The van der Waals surface area contributed by atoms with E-state index in [1.165, 1.54) is 5.56 Å². The minimum Gasteiger partial charge on any atom is -0.481 e. The zero-order valence-corrected chi connectivity index (χ0v) is 7.08. The molecular weight excluding hydrogens is 151 g/mol. The summed E-state index contributed by atoms with van der Waals surface area (Å²) in [4.78, 5) is 10.3. The molecule has 0 spiro atoms. The number of benzene rings is 1. The third-order valence-electron chi connectivity index (χ3n) is 1.79. The quantitative estimate of drug-likeness (QED) is 0.655. The Kier molecular flexibility index (Phi) is 2.91. The first-order chi connectivity index (χ1) is 5.72. The molecule has 0 heterocycles. The van der Waals surface area contributed by atoms with Crippen molar-refractivity contribution < 1.29 is 9.90 Å². The van der Waals surface area contributed by atoms with Crippen LogP contribution >= 0.6 is 0 Å². The van der Waals surface area contributed by atoms with E-state index < -0.39 is 5.97 Å². The Labute approximate surface area is 72.6 Å². The monoisotopic (exact) mass is 162 g/mol. The highest BCUT2D eigenvalue weighted by atomic mass is 16.4. The van der Waals surface area contributed by atoms with E-state index >= 15 is 0 Å². The fourth-order valence-electron chi connectivity index (χ4n) is 1.07. The highest BCUT2D eigenvalue weighted by Gasteiger charge is 1.98. The number of carboxylic acids is 1. The second-order valence-corrected chi connectivity index (χ2v) is 2.74. The van der Waals surface area contributed by atoms with Crippen molar-refractivity contribution in [3.63, 3.8) is 0 Å². The Bertz CT molecular complexity index is 266. The molecule has 0 aromatic heterocycles. The van der Waals surface area contributed by atoms with Gasteiger partial charge in [-0.25, -0.2) is 0 Å². The topological polar surface area (TPSA) is 37.3 Å². The van der Waals surface area contributed by atoms with E-state index in [0.29, 0.717) is 0 Å². The average Bonchev–Trinajstić information content (AvgIpc) is 2.05. The Balaban J connectivity index is 2.71. The zero-order chi connectivity index (χ0) is 8.97. The number of aliphatic carboxylic acids is 1. The van der Waals surface area contributed by atoms with Crippen molar-refractivity contribution >= 4 is 13.8 Å². The lowest BCUT2D eigenvalue weighted by Gasteiger charge is -1.98. The molecule has 0 saturated carbocycles. The smallest absolute Gasteiger partial charge is 0.307 e. The van der Waals surface area contributed by atoms with Crippen LogP contribution in [0.1, 0.15) is 11.1 Å². The molecule has 3 heteroatoms. The molecule has 0 radical (unpaired) electrons. The van der Waals surface area contributed by atoms with E-state index in [0.717, 1.165) is 11.9 Å². The fourth-order valence-corrected chi connectivity index (χ4v) is 1.07. The lowest BCUT2D eigenvalue weighted by atomic mass is 9.96. The summed E-state index contributed by atoms with van der Waals surface area (Å²) in [6.07, 6.45) is 1.11. The molecule has 1 N–H and O–H groups in total. The summed E-state index contributed by atoms with van der Waals surface area (Å²) in [5.74, 6) is -0.778. The SMILES string of the molecule is BCc1ccc(CC(=O)O)cc1. The summed E-state index contributed by atoms with van der Waals surface area (Å²) in [5.41, 5.74) is 2.10. The van der Waals surface area contributed by atoms with Crippen molar-refractivity contribution in [2.45, 2.75) is 12.7 Å². The second kappa shape index (κ2) is 3.95. The number of carboxylic acid groups (broad SMARTS) is 1. The highest BCUT2D eigenvalue weighted by Crippen LogP contribution is 2.04. The standard InChI is InChI=1S/C9H11BO2/c10-6-8-3-1-7(2-4-8)5-9(11)12/h1-4H,5-6,10H2,(H,11,12). The van der Waals surface area contributed by atoms with Crippen LogP contribution in [-0.4, -0.2) is 18.9 Å². The van der Waals surface area contributed by atoms with Crippen LogP contribution in [0.15, 0.2) is 24.3 Å². The molecule has 1 aromatic carbocycles. The van der Waals surface area contributed by atoms with Gasteiger partial charge in [-0.15, -0.1) is 0 Å². The van der Waals surface area contributed by atoms with Gasteiger partial charge in [0, 0.05) is 0 Å². The van der Waals surface area contributed by atoms with Crippen LogP contribution in [-0.2, 0) is 17.5 Å². The first kappa shape index (κ1) is 8.85. The van der Waals surface area contributed by atoms with E-state index in [-0.39, 0.29) is 6.42 Å². The maximum absolute atomic E-state index is 10.3. The molecule has 0 saturated heterocycles. The van der Waals surface area contributed by atoms with Gasteiger partial charge in [-0.2, -0.15) is 0 Å². The van der Waals surface area contributed by atoms with Gasteiger partial charge in [0.25, 0.3) is 0 Å². The van der Waals surface area contributed by atoms with Crippen LogP contribution in [0.25, 0.3) is 0 Å². The summed E-state index contributed by atoms with van der Waals surface area (Å²) in [7, 11) is 2.08. The molecule has 1 aromatic rings. The van der Waals surface area contributed by atoms with Gasteiger partial charge in [-0.1, -0.05) is 36.1 Å². The van der Waals surface area contributed by atoms with Crippen LogP contribution in [0.5, 0.6) is 0 Å². The molecule has 0 amide bonds. The van der Waals surface area contributed by atoms with Gasteiger partial charge in [0.15, 0.2) is 0 Å². The Hall–Kier alpha value is -1.25. The molecule has 12 heavy (non-hydrogen) atoms. The largest absolute Gasteiger partial charge is 0.481 e. The normalized spacial score (nSPS) is 9.67. The van der Waals surface area contributed by atoms with Crippen molar-refractivity contribution in [3.05, 3.63) is 35.4 Å². The third kappa shape index (κ3) is 2.42. The third-order valence-corrected chi connectivity index (χ3v) is 1.79. The summed E-state index contributed by atoms with van der Waals surface area (Å²) >= 11 is 0. The minimum atomic E-state index is -0.778. The first-order valence-corrected chi connectivity index (χ1v) is 4.02. The van der Waals surface area contributed by atoms with Gasteiger partial charge in [0.1, 0.15) is 7.85 Å². The van der Waals surface area contributed by atoms with Crippen molar-refractivity contribution in [2.24, 2.45) is 0 Å². The Morgan fingerprint density at radius 1 is 1.25 bits per heavy atom. The predicted molar refractivity (Wildman–Crippen MR) is 50.0 cm³/mol. The average molecular weight is 162 g/mol. The molecule has 0 aliphatic rings. The van der Waals surface area contributed by atoms with Crippen LogP contribution in [0.3, 0.4) is 0 Å². The molecule has 0 bridgehead atoms. The first-order valence-electron chi connectivity index (χ1n) is 4.02. The molecule has 2 nitrogen and oxygen atoms in total. The molecule has 0 aliphatic carbocycles. The fraction of sp³-hybridized carbons (Fsp3) is 0.222. The minimum absolute atomic E-state index is 0.115. The van der Waals surface area contributed by atoms with Crippen molar-refractivity contribution in [1.29, 1.82) is 0 Å². The lowest BCUT2D eigenvalue weighted by Crippen LogP contribution is -1.99. The van der Waals surface area contributed by atoms with Crippen LogP contribution in [0.4, 0.5) is 0 Å². The van der Waals surface area contributed by atoms with Gasteiger partial charge in [0.2, 0.25) is 0 Å². The van der Waals surface area contributed by atoms with Crippen LogP contribution in [0.2, 0.25) is 0 Å². The summed E-state index contributed by atoms with van der Waals surface area (Å²) in [6.45, 7) is 0. The summed E-state index contributed by atoms with van der Waals surface area (Å²) in [5, 5.41) is 8.49. The van der Waals surface area contributed by atoms with Crippen molar-refractivity contribution in [2.75, 3.05) is 0 Å². The van der Waals surface area contributed by atoms with Crippen molar-refractivity contribution in [1.82, 2.24) is 0 Å². The zero-order valence-electron chi connectivity index (χ0n) is 7.08. The van der Waals surface area contributed by atoms with Gasteiger partial charge in [-0.3, -0.25) is 4.79 Å². The molecule has 0 aliphatic heterocycles. The summed E-state index contributed by atoms with van der Waals surface area (Å²) in [6, 6.07) is 7.68. The maximum atomic E-state index is 10.3. The van der Waals surface area contributed by atoms with Crippen molar-refractivity contribution in [3.8, 4) is 0 Å². The van der Waals surface area contributed by atoms with E-state index in [1.807, 2.05) is 24.3 Å². The number of rotatable bonds is 3. The van der Waals surface area contributed by atoms with Gasteiger partial charge in [-0.05, 0) is 5.56 Å². The molecule has 1 rings (SSSR count). The number of hydrogen-bond donors (Lipinski definition) is 1. The number of hydrogen-bond acceptors (Lipinski definition) is 1. The predicted octanol–water partition coefficient (Wildman–Crippen LogP) is 0.447. The van der Waals surface area contributed by atoms with Crippen LogP contribution < -0.4 is 0 Å². The van der Waals surface area contributed by atoms with Crippen LogP contribution in [0, 0.1) is 0 Å². The molecule has 0 atom stereocenters. The van der Waals surface area contributed by atoms with E-state index in [9.17, 15) is 4.79 Å². The lowest BCUT2D eigenvalue weighted by molar-refractivity contribution is -0.136. The molecular formula is C9H11BO2. The summed E-state index contributed by atoms with van der Waals surface area (Å²) < 4.78 is 0. The molecule has 62 valence electrons. The Morgan fingerprint density at radius 3 is 2.17 bits per heavy atom. The highest BCUT2D eigenvalue weighted by molar-refractivity contribution is 6.08. The maximum Gasteiger partial charge on any atom is 0.307 e. The van der Waals surface area contributed by atoms with E-state index in [4.69, 9.17) is 5.11 Å². The van der Waals surface area contributed by atoms with E-state index in [1.54, 1.807) is 0 Å². The van der Waals surface area contributed by atoms with Gasteiger partial charge < -0.3 is 5.11 Å². The van der Waals surface area contributed by atoms with E-state index in [2.05, 4.69) is 7.85 Å². The number of carbonyl (C=O) groups is 1. The Morgan fingerprint density at radius 2 is 1.75 bits per heavy atom. The molecule has 0 unspecified atom stereocenters. The second-order valence-electron chi connectivity index (χ2n) is 2.74.